The van der Waals surface area contributed by atoms with Gasteiger partial charge in [0.2, 0.25) is 0 Å². The molecule has 0 aromatic carbocycles. The third-order valence-electron chi connectivity index (χ3n) is 6.33. The van der Waals surface area contributed by atoms with E-state index in [-0.39, 0.29) is 22.6 Å². The third kappa shape index (κ3) is 8.35. The SMILES string of the molecule is C=CC=C(F)C=C(C)C(C)N(CC)CC(C=C(C=C)S(=O)(=O)Nc1nc(C(=O)N2CCCC2)no1)=C(C)C. The first-order valence-electron chi connectivity index (χ1n) is 12.5. The highest BCUT2D eigenvalue weighted by molar-refractivity contribution is 7.96. The number of allylic oxidation sites excluding steroid dienone is 6. The van der Waals surface area contributed by atoms with Crippen LogP contribution >= 0.6 is 0 Å². The van der Waals surface area contributed by atoms with E-state index in [9.17, 15) is 17.6 Å². The van der Waals surface area contributed by atoms with Crippen molar-refractivity contribution >= 4 is 21.9 Å². The van der Waals surface area contributed by atoms with Gasteiger partial charge >= 0.3 is 6.01 Å². The number of nitrogens with one attached hydrogen (secondary N) is 1. The van der Waals surface area contributed by atoms with Gasteiger partial charge in [-0.25, -0.2) is 17.5 Å². The van der Waals surface area contributed by atoms with Crippen LogP contribution in [0.15, 0.2) is 75.5 Å². The molecule has 9 nitrogen and oxygen atoms in total. The Hall–Kier alpha value is -3.31. The predicted octanol–water partition coefficient (Wildman–Crippen LogP) is 5.15. The number of halogens is 1. The first-order chi connectivity index (χ1) is 17.9. The summed E-state index contributed by atoms with van der Waals surface area (Å²) in [6.07, 6.45) is 8.69. The van der Waals surface area contributed by atoms with E-state index in [4.69, 9.17) is 4.52 Å². The minimum absolute atomic E-state index is 0.102. The molecule has 1 fully saturated rings. The van der Waals surface area contributed by atoms with Crippen molar-refractivity contribution in [3.05, 3.63) is 76.8 Å². The summed E-state index contributed by atoms with van der Waals surface area (Å²) >= 11 is 0. The number of sulfonamides is 1. The van der Waals surface area contributed by atoms with Gasteiger partial charge in [-0.2, -0.15) is 4.98 Å². The Morgan fingerprint density at radius 3 is 2.45 bits per heavy atom. The van der Waals surface area contributed by atoms with Crippen LogP contribution in [0.1, 0.15) is 58.1 Å². The van der Waals surface area contributed by atoms with E-state index in [1.54, 1.807) is 4.90 Å². The van der Waals surface area contributed by atoms with Crippen molar-refractivity contribution < 1.29 is 22.1 Å². The van der Waals surface area contributed by atoms with Crippen molar-refractivity contribution in [3.63, 3.8) is 0 Å². The maximum Gasteiger partial charge on any atom is 0.335 e. The van der Waals surface area contributed by atoms with E-state index >= 15 is 0 Å². The van der Waals surface area contributed by atoms with Crippen LogP contribution in [0.4, 0.5) is 10.4 Å². The fraction of sp³-hybridized carbons (Fsp3) is 0.444. The molecule has 1 saturated heterocycles. The van der Waals surface area contributed by atoms with Gasteiger partial charge in [0.1, 0.15) is 5.83 Å². The van der Waals surface area contributed by atoms with Crippen LogP contribution in [0.3, 0.4) is 0 Å². The van der Waals surface area contributed by atoms with Crippen molar-refractivity contribution in [2.75, 3.05) is 30.9 Å². The van der Waals surface area contributed by atoms with Gasteiger partial charge in [0.25, 0.3) is 21.8 Å². The number of anilines is 1. The Labute approximate surface area is 225 Å². The monoisotopic (exact) mass is 547 g/mol. The van der Waals surface area contributed by atoms with Crippen LogP contribution in [-0.4, -0.2) is 66.5 Å². The third-order valence-corrected chi connectivity index (χ3v) is 7.68. The molecule has 0 spiro atoms. The lowest BCUT2D eigenvalue weighted by molar-refractivity contribution is 0.0777. The lowest BCUT2D eigenvalue weighted by atomic mass is 10.0. The molecule has 1 atom stereocenters. The molecule has 208 valence electrons. The van der Waals surface area contributed by atoms with Crippen molar-refractivity contribution in [3.8, 4) is 0 Å². The zero-order valence-corrected chi connectivity index (χ0v) is 23.6. The number of likely N-dealkylation sites (N-methyl/N-ethyl adjacent to an activating group) is 1. The number of hydrogen-bond acceptors (Lipinski definition) is 7. The zero-order valence-electron chi connectivity index (χ0n) is 22.8. The Kier molecular flexibility index (Phi) is 11.4. The number of carbonyl (C=O) groups excluding carboxylic acids is 1. The normalized spacial score (nSPS) is 16.0. The highest BCUT2D eigenvalue weighted by atomic mass is 32.2. The van der Waals surface area contributed by atoms with Crippen LogP contribution < -0.4 is 4.72 Å². The number of likely N-dealkylation sites (tertiary alicyclic amines) is 1. The number of hydrogen-bond donors (Lipinski definition) is 1. The molecule has 1 N–H and O–H groups in total. The molecular weight excluding hydrogens is 509 g/mol. The van der Waals surface area contributed by atoms with Crippen LogP contribution in [0, 0.1) is 0 Å². The molecule has 1 aliphatic rings. The van der Waals surface area contributed by atoms with E-state index in [1.165, 1.54) is 30.4 Å². The Morgan fingerprint density at radius 2 is 1.89 bits per heavy atom. The van der Waals surface area contributed by atoms with E-state index in [2.05, 4.69) is 32.9 Å². The quantitative estimate of drug-likeness (QED) is 0.340. The second-order valence-corrected chi connectivity index (χ2v) is 10.9. The first-order valence-corrected chi connectivity index (χ1v) is 14.0. The molecule has 38 heavy (non-hydrogen) atoms. The number of aromatic nitrogens is 2. The molecule has 1 amide bonds. The highest BCUT2D eigenvalue weighted by Gasteiger charge is 2.26. The number of carbonyl (C=O) groups is 1. The van der Waals surface area contributed by atoms with Gasteiger partial charge in [0.05, 0.1) is 4.91 Å². The molecule has 2 rings (SSSR count). The molecule has 0 bridgehead atoms. The molecule has 0 radical (unpaired) electrons. The Morgan fingerprint density at radius 1 is 1.24 bits per heavy atom. The first kappa shape index (κ1) is 30.9. The Balaban J connectivity index is 2.25. The summed E-state index contributed by atoms with van der Waals surface area (Å²) in [5.74, 6) is -0.991. The summed E-state index contributed by atoms with van der Waals surface area (Å²) < 4.78 is 47.5. The maximum absolute atomic E-state index is 14.0. The van der Waals surface area contributed by atoms with E-state index < -0.39 is 21.9 Å². The largest absolute Gasteiger partial charge is 0.336 e. The summed E-state index contributed by atoms with van der Waals surface area (Å²) in [5, 5.41) is 3.63. The molecule has 2 heterocycles. The molecule has 1 aliphatic heterocycles. The average molecular weight is 548 g/mol. The van der Waals surface area contributed by atoms with Crippen molar-refractivity contribution in [1.29, 1.82) is 0 Å². The van der Waals surface area contributed by atoms with Crippen LogP contribution in [-0.2, 0) is 10.0 Å². The van der Waals surface area contributed by atoms with Gasteiger partial charge in [-0.15, -0.1) is 0 Å². The van der Waals surface area contributed by atoms with Gasteiger partial charge in [-0.3, -0.25) is 9.69 Å². The van der Waals surface area contributed by atoms with Crippen molar-refractivity contribution in [2.45, 2.75) is 53.5 Å². The van der Waals surface area contributed by atoms with Crippen LogP contribution in [0.2, 0.25) is 0 Å². The summed E-state index contributed by atoms with van der Waals surface area (Å²) in [4.78, 5) is 20.0. The molecule has 1 unspecified atom stereocenters. The van der Waals surface area contributed by atoms with Gasteiger partial charge in [0.15, 0.2) is 0 Å². The van der Waals surface area contributed by atoms with Gasteiger partial charge < -0.3 is 9.42 Å². The molecule has 0 saturated carbocycles. The fourth-order valence-corrected chi connectivity index (χ4v) is 4.83. The Bertz CT molecular complexity index is 1250. The lowest BCUT2D eigenvalue weighted by Crippen LogP contribution is -2.35. The minimum Gasteiger partial charge on any atom is -0.336 e. The number of amides is 1. The van der Waals surface area contributed by atoms with Gasteiger partial charge in [-0.1, -0.05) is 37.3 Å². The topological polar surface area (TPSA) is 109 Å². The second-order valence-electron chi connectivity index (χ2n) is 9.22. The highest BCUT2D eigenvalue weighted by Crippen LogP contribution is 2.21. The lowest BCUT2D eigenvalue weighted by Gasteiger charge is -2.29. The summed E-state index contributed by atoms with van der Waals surface area (Å²) in [6.45, 7) is 19.0. The van der Waals surface area contributed by atoms with Crippen molar-refractivity contribution in [2.24, 2.45) is 0 Å². The predicted molar refractivity (Wildman–Crippen MR) is 148 cm³/mol. The van der Waals surface area contributed by atoms with E-state index in [0.29, 0.717) is 26.2 Å². The number of nitrogens with zero attached hydrogens (tertiary/aromatic N) is 4. The summed E-state index contributed by atoms with van der Waals surface area (Å²) in [5.41, 5.74) is 2.47. The van der Waals surface area contributed by atoms with E-state index in [1.807, 2.05) is 34.6 Å². The molecule has 1 aromatic rings. The zero-order chi connectivity index (χ0) is 28.5. The summed E-state index contributed by atoms with van der Waals surface area (Å²) in [6, 6.07) is -0.517. The second kappa shape index (κ2) is 14.0. The number of rotatable bonds is 13. The maximum atomic E-state index is 14.0. The standard InChI is InChI=1S/C27H38FN5O4S/c1-8-13-23(28)16-20(6)21(7)32(10-3)18-22(19(4)5)17-24(9-2)38(35,36)31-27-29-25(30-37-27)26(34)33-14-11-12-15-33/h8-9,13,16-17,21H,1-2,10-12,14-15,18H2,3-7H3,(H,29,30,31). The smallest absolute Gasteiger partial charge is 0.335 e. The van der Waals surface area contributed by atoms with Gasteiger partial charge in [-0.05, 0) is 82.1 Å². The summed E-state index contributed by atoms with van der Waals surface area (Å²) in [7, 11) is -4.15. The molecule has 11 heteroatoms. The van der Waals surface area contributed by atoms with Crippen LogP contribution in [0.25, 0.3) is 0 Å². The van der Waals surface area contributed by atoms with Crippen molar-refractivity contribution in [1.82, 2.24) is 19.9 Å². The molecular formula is C27H38FN5O4S. The molecule has 0 aliphatic carbocycles. The van der Waals surface area contributed by atoms with Crippen LogP contribution in [0.5, 0.6) is 0 Å². The fourth-order valence-electron chi connectivity index (χ4n) is 3.88. The average Bonchev–Trinajstić information content (AvgIpc) is 3.55. The minimum atomic E-state index is -4.15. The van der Waals surface area contributed by atoms with Gasteiger partial charge in [0, 0.05) is 25.7 Å². The van der Waals surface area contributed by atoms with E-state index in [0.717, 1.165) is 29.6 Å². The molecule has 1 aromatic heterocycles.